The maximum atomic E-state index is 5.16. The number of methoxy groups -OCH3 is 1. The highest BCUT2D eigenvalue weighted by atomic mass is 32.1. The summed E-state index contributed by atoms with van der Waals surface area (Å²) in [5, 5.41) is 6.97. The molecule has 2 aromatic rings. The van der Waals surface area contributed by atoms with Gasteiger partial charge in [-0.15, -0.1) is 11.3 Å². The SMILES string of the molecule is COc1ccc(CNCc2csc(C3CCC3)n2)cc1. The molecule has 1 aromatic heterocycles. The average Bonchev–Trinajstić information content (AvgIpc) is 2.86. The van der Waals surface area contributed by atoms with Gasteiger partial charge >= 0.3 is 0 Å². The number of ether oxygens (including phenoxy) is 1. The van der Waals surface area contributed by atoms with Gasteiger partial charge in [0.1, 0.15) is 5.75 Å². The van der Waals surface area contributed by atoms with E-state index in [-0.39, 0.29) is 0 Å². The number of hydrogen-bond donors (Lipinski definition) is 1. The second kappa shape index (κ2) is 6.37. The third-order valence-corrected chi connectivity index (χ3v) is 4.87. The Labute approximate surface area is 124 Å². The first-order chi connectivity index (χ1) is 9.85. The van der Waals surface area contributed by atoms with Crippen molar-refractivity contribution in [3.05, 3.63) is 45.9 Å². The molecule has 0 spiro atoms. The summed E-state index contributed by atoms with van der Waals surface area (Å²) in [7, 11) is 1.69. The second-order valence-corrected chi connectivity index (χ2v) is 6.15. The van der Waals surface area contributed by atoms with Crippen molar-refractivity contribution in [3.8, 4) is 5.75 Å². The number of hydrogen-bond acceptors (Lipinski definition) is 4. The molecule has 4 heteroatoms. The third kappa shape index (κ3) is 3.19. The summed E-state index contributed by atoms with van der Waals surface area (Å²) < 4.78 is 5.16. The zero-order chi connectivity index (χ0) is 13.8. The molecule has 20 heavy (non-hydrogen) atoms. The van der Waals surface area contributed by atoms with Gasteiger partial charge in [0.15, 0.2) is 0 Å². The zero-order valence-electron chi connectivity index (χ0n) is 11.8. The monoisotopic (exact) mass is 288 g/mol. The Hall–Kier alpha value is -1.39. The van der Waals surface area contributed by atoms with Crippen molar-refractivity contribution >= 4 is 11.3 Å². The van der Waals surface area contributed by atoms with E-state index in [0.717, 1.165) is 24.8 Å². The summed E-state index contributed by atoms with van der Waals surface area (Å²) in [6.07, 6.45) is 4.02. The molecule has 1 aliphatic rings. The van der Waals surface area contributed by atoms with Crippen molar-refractivity contribution in [1.82, 2.24) is 10.3 Å². The lowest BCUT2D eigenvalue weighted by molar-refractivity contribution is 0.414. The van der Waals surface area contributed by atoms with Crippen molar-refractivity contribution in [2.24, 2.45) is 0 Å². The van der Waals surface area contributed by atoms with Crippen LogP contribution in [0.2, 0.25) is 0 Å². The van der Waals surface area contributed by atoms with Crippen molar-refractivity contribution in [1.29, 1.82) is 0 Å². The first kappa shape index (κ1) is 13.6. The van der Waals surface area contributed by atoms with Crippen LogP contribution in [-0.4, -0.2) is 12.1 Å². The summed E-state index contributed by atoms with van der Waals surface area (Å²) >= 11 is 1.82. The van der Waals surface area contributed by atoms with E-state index < -0.39 is 0 Å². The third-order valence-electron chi connectivity index (χ3n) is 3.82. The Kier molecular flexibility index (Phi) is 4.33. The largest absolute Gasteiger partial charge is 0.497 e. The van der Waals surface area contributed by atoms with Crippen molar-refractivity contribution in [2.75, 3.05) is 7.11 Å². The Morgan fingerprint density at radius 3 is 2.70 bits per heavy atom. The molecule has 0 unspecified atom stereocenters. The maximum absolute atomic E-state index is 5.16. The molecular weight excluding hydrogens is 268 g/mol. The smallest absolute Gasteiger partial charge is 0.118 e. The Bertz CT molecular complexity index is 546. The minimum absolute atomic E-state index is 0.746. The summed E-state index contributed by atoms with van der Waals surface area (Å²) in [4.78, 5) is 4.73. The molecular formula is C16H20N2OS. The van der Waals surface area contributed by atoms with Crippen molar-refractivity contribution in [3.63, 3.8) is 0 Å². The summed E-state index contributed by atoms with van der Waals surface area (Å²) in [5.74, 6) is 1.65. The highest BCUT2D eigenvalue weighted by molar-refractivity contribution is 7.09. The van der Waals surface area contributed by atoms with Crippen molar-refractivity contribution in [2.45, 2.75) is 38.3 Å². The Morgan fingerprint density at radius 2 is 2.05 bits per heavy atom. The quantitative estimate of drug-likeness (QED) is 0.880. The standard InChI is InChI=1S/C16H20N2OS/c1-19-15-7-5-12(6-8-15)9-17-10-14-11-20-16(18-14)13-3-2-4-13/h5-8,11,13,17H,2-4,9-10H2,1H3. The van der Waals surface area contributed by atoms with Crippen LogP contribution in [0.4, 0.5) is 0 Å². The lowest BCUT2D eigenvalue weighted by atomic mass is 9.86. The summed E-state index contributed by atoms with van der Waals surface area (Å²) in [6.45, 7) is 1.70. The van der Waals surface area contributed by atoms with Crippen LogP contribution in [0.3, 0.4) is 0 Å². The zero-order valence-corrected chi connectivity index (χ0v) is 12.6. The molecule has 1 saturated carbocycles. The summed E-state index contributed by atoms with van der Waals surface area (Å²) in [5.41, 5.74) is 2.44. The van der Waals surface area contributed by atoms with Crippen LogP contribution in [0.1, 0.15) is 41.4 Å². The fourth-order valence-corrected chi connectivity index (χ4v) is 3.32. The molecule has 3 rings (SSSR count). The number of rotatable bonds is 6. The van der Waals surface area contributed by atoms with Crippen LogP contribution in [0.15, 0.2) is 29.6 Å². The average molecular weight is 288 g/mol. The van der Waals surface area contributed by atoms with E-state index in [9.17, 15) is 0 Å². The van der Waals surface area contributed by atoms with Crippen LogP contribution in [-0.2, 0) is 13.1 Å². The fraction of sp³-hybridized carbons (Fsp3) is 0.438. The second-order valence-electron chi connectivity index (χ2n) is 5.26. The normalized spacial score (nSPS) is 15.1. The minimum atomic E-state index is 0.746. The Balaban J connectivity index is 1.47. The van der Waals surface area contributed by atoms with Gasteiger partial charge in [-0.05, 0) is 30.5 Å². The van der Waals surface area contributed by atoms with Gasteiger partial charge in [0.05, 0.1) is 17.8 Å². The van der Waals surface area contributed by atoms with Gasteiger partial charge in [-0.25, -0.2) is 4.98 Å². The summed E-state index contributed by atoms with van der Waals surface area (Å²) in [6, 6.07) is 8.17. The van der Waals surface area contributed by atoms with Crippen LogP contribution < -0.4 is 10.1 Å². The molecule has 1 aliphatic carbocycles. The van der Waals surface area contributed by atoms with E-state index in [0.29, 0.717) is 0 Å². The molecule has 1 fully saturated rings. The van der Waals surface area contributed by atoms with E-state index in [1.165, 1.54) is 35.5 Å². The van der Waals surface area contributed by atoms with Gasteiger partial charge in [-0.3, -0.25) is 0 Å². The molecule has 1 N–H and O–H groups in total. The van der Waals surface area contributed by atoms with Crippen LogP contribution in [0.5, 0.6) is 5.75 Å². The number of nitrogens with one attached hydrogen (secondary N) is 1. The van der Waals surface area contributed by atoms with E-state index in [1.54, 1.807) is 7.11 Å². The molecule has 1 aromatic carbocycles. The van der Waals surface area contributed by atoms with Gasteiger partial charge < -0.3 is 10.1 Å². The number of benzene rings is 1. The predicted molar refractivity (Wildman–Crippen MR) is 82.2 cm³/mol. The predicted octanol–water partition coefficient (Wildman–Crippen LogP) is 3.71. The molecule has 0 bridgehead atoms. The molecule has 0 amide bonds. The molecule has 0 aliphatic heterocycles. The molecule has 0 radical (unpaired) electrons. The Morgan fingerprint density at radius 1 is 1.25 bits per heavy atom. The molecule has 3 nitrogen and oxygen atoms in total. The van der Waals surface area contributed by atoms with E-state index in [1.807, 2.05) is 23.5 Å². The lowest BCUT2D eigenvalue weighted by Crippen LogP contribution is -2.13. The highest BCUT2D eigenvalue weighted by Gasteiger charge is 2.22. The topological polar surface area (TPSA) is 34.1 Å². The van der Waals surface area contributed by atoms with Gasteiger partial charge in [-0.1, -0.05) is 18.6 Å². The minimum Gasteiger partial charge on any atom is -0.497 e. The van der Waals surface area contributed by atoms with E-state index >= 15 is 0 Å². The van der Waals surface area contributed by atoms with Gasteiger partial charge in [0.25, 0.3) is 0 Å². The number of aromatic nitrogens is 1. The molecule has 0 atom stereocenters. The van der Waals surface area contributed by atoms with Gasteiger partial charge in [0.2, 0.25) is 0 Å². The van der Waals surface area contributed by atoms with Crippen molar-refractivity contribution < 1.29 is 4.74 Å². The van der Waals surface area contributed by atoms with E-state index in [2.05, 4.69) is 22.8 Å². The number of thiazole rings is 1. The first-order valence-electron chi connectivity index (χ1n) is 7.13. The highest BCUT2D eigenvalue weighted by Crippen LogP contribution is 2.37. The first-order valence-corrected chi connectivity index (χ1v) is 8.01. The fourth-order valence-electron chi connectivity index (χ4n) is 2.32. The maximum Gasteiger partial charge on any atom is 0.118 e. The van der Waals surface area contributed by atoms with Crippen LogP contribution in [0.25, 0.3) is 0 Å². The number of nitrogens with zero attached hydrogens (tertiary/aromatic N) is 1. The molecule has 1 heterocycles. The molecule has 0 saturated heterocycles. The van der Waals surface area contributed by atoms with Crippen LogP contribution >= 0.6 is 11.3 Å². The van der Waals surface area contributed by atoms with Gasteiger partial charge in [0, 0.05) is 24.4 Å². The molecule has 106 valence electrons. The van der Waals surface area contributed by atoms with E-state index in [4.69, 9.17) is 9.72 Å². The lowest BCUT2D eigenvalue weighted by Gasteiger charge is -2.22. The van der Waals surface area contributed by atoms with Gasteiger partial charge in [-0.2, -0.15) is 0 Å². The van der Waals surface area contributed by atoms with Crippen LogP contribution in [0, 0.1) is 0 Å².